The Hall–Kier alpha value is -3.17. The zero-order chi connectivity index (χ0) is 19.9. The Kier molecular flexibility index (Phi) is 6.41. The van der Waals surface area contributed by atoms with Gasteiger partial charge in [-0.1, -0.05) is 41.1 Å². The molecule has 1 aromatic heterocycles. The zero-order valence-electron chi connectivity index (χ0n) is 14.7. The van der Waals surface area contributed by atoms with Gasteiger partial charge in [-0.05, 0) is 30.3 Å². The number of para-hydroxylation sites is 1. The van der Waals surface area contributed by atoms with Crippen molar-refractivity contribution in [3.63, 3.8) is 0 Å². The van der Waals surface area contributed by atoms with E-state index in [1.54, 1.807) is 30.3 Å². The molecule has 0 radical (unpaired) electrons. The predicted octanol–water partition coefficient (Wildman–Crippen LogP) is 3.77. The molecule has 0 saturated heterocycles. The highest BCUT2D eigenvalue weighted by molar-refractivity contribution is 7.13. The smallest absolute Gasteiger partial charge is 0.319 e. The van der Waals surface area contributed by atoms with Crippen LogP contribution in [0.2, 0.25) is 5.02 Å². The van der Waals surface area contributed by atoms with E-state index < -0.39 is 6.03 Å². The van der Waals surface area contributed by atoms with Gasteiger partial charge in [0.2, 0.25) is 5.01 Å². The minimum Gasteiger partial charge on any atom is -0.495 e. The quantitative estimate of drug-likeness (QED) is 0.566. The number of ether oxygens (including phenoxy) is 1. The lowest BCUT2D eigenvalue weighted by atomic mass is 10.3. The molecule has 0 aliphatic carbocycles. The van der Waals surface area contributed by atoms with Gasteiger partial charge in [-0.25, -0.2) is 4.79 Å². The summed E-state index contributed by atoms with van der Waals surface area (Å²) in [5.74, 6) is 0.124. The largest absolute Gasteiger partial charge is 0.495 e. The average Bonchev–Trinajstić information content (AvgIpc) is 3.17. The number of benzene rings is 2. The number of hydrogen-bond acceptors (Lipinski definition) is 6. The average molecular weight is 418 g/mol. The van der Waals surface area contributed by atoms with Crippen molar-refractivity contribution in [3.05, 3.63) is 63.6 Å². The molecule has 3 rings (SSSR count). The lowest BCUT2D eigenvalue weighted by molar-refractivity contribution is 0.102. The fraction of sp³-hybridized carbons (Fsp3) is 0.111. The summed E-state index contributed by atoms with van der Waals surface area (Å²) in [6, 6.07) is 13.5. The Labute approximate surface area is 169 Å². The molecule has 0 fully saturated rings. The standard InChI is InChI=1S/C18H16ClN5O3S/c1-27-14-8-7-11(19)9-13(14)22-18(26)20-10-15-23-24-17(28-15)16(25)21-12-5-3-2-4-6-12/h2-9H,10H2,1H3,(H,21,25)(H2,20,22,26). The van der Waals surface area contributed by atoms with Crippen LogP contribution >= 0.6 is 22.9 Å². The Morgan fingerprint density at radius 2 is 1.89 bits per heavy atom. The van der Waals surface area contributed by atoms with E-state index in [-0.39, 0.29) is 17.5 Å². The van der Waals surface area contributed by atoms with E-state index in [9.17, 15) is 9.59 Å². The van der Waals surface area contributed by atoms with Crippen molar-refractivity contribution in [1.82, 2.24) is 15.5 Å². The fourth-order valence-electron chi connectivity index (χ4n) is 2.22. The van der Waals surface area contributed by atoms with Crippen molar-refractivity contribution in [2.75, 3.05) is 17.7 Å². The van der Waals surface area contributed by atoms with Crippen LogP contribution in [-0.4, -0.2) is 29.2 Å². The Morgan fingerprint density at radius 3 is 2.64 bits per heavy atom. The monoisotopic (exact) mass is 417 g/mol. The van der Waals surface area contributed by atoms with E-state index in [1.165, 1.54) is 7.11 Å². The third kappa shape index (κ3) is 5.18. The first-order valence-corrected chi connectivity index (χ1v) is 9.32. The summed E-state index contributed by atoms with van der Waals surface area (Å²) in [5, 5.41) is 17.0. The van der Waals surface area contributed by atoms with Crippen molar-refractivity contribution in [1.29, 1.82) is 0 Å². The maximum atomic E-state index is 12.2. The number of amides is 3. The van der Waals surface area contributed by atoms with Crippen LogP contribution in [0.5, 0.6) is 5.75 Å². The molecule has 0 spiro atoms. The van der Waals surface area contributed by atoms with Gasteiger partial charge in [0.05, 0.1) is 19.3 Å². The molecule has 3 aromatic rings. The van der Waals surface area contributed by atoms with Gasteiger partial charge in [0.25, 0.3) is 5.91 Å². The maximum Gasteiger partial charge on any atom is 0.319 e. The Morgan fingerprint density at radius 1 is 1.11 bits per heavy atom. The first-order valence-electron chi connectivity index (χ1n) is 8.12. The molecule has 1 heterocycles. The molecule has 0 atom stereocenters. The molecule has 2 aromatic carbocycles. The van der Waals surface area contributed by atoms with E-state index in [2.05, 4.69) is 26.1 Å². The van der Waals surface area contributed by atoms with Gasteiger partial charge in [-0.15, -0.1) is 10.2 Å². The van der Waals surface area contributed by atoms with Crippen molar-refractivity contribution in [3.8, 4) is 5.75 Å². The molecule has 3 amide bonds. The molecule has 0 aliphatic rings. The van der Waals surface area contributed by atoms with Crippen LogP contribution < -0.4 is 20.7 Å². The summed E-state index contributed by atoms with van der Waals surface area (Å²) in [5.41, 5.74) is 1.10. The summed E-state index contributed by atoms with van der Waals surface area (Å²) < 4.78 is 5.18. The number of nitrogens with one attached hydrogen (secondary N) is 3. The topological polar surface area (TPSA) is 105 Å². The van der Waals surface area contributed by atoms with Crippen LogP contribution in [0.25, 0.3) is 0 Å². The molecule has 144 valence electrons. The SMILES string of the molecule is COc1ccc(Cl)cc1NC(=O)NCc1nnc(C(=O)Nc2ccccc2)s1. The summed E-state index contributed by atoms with van der Waals surface area (Å²) >= 11 is 7.03. The highest BCUT2D eigenvalue weighted by atomic mass is 35.5. The lowest BCUT2D eigenvalue weighted by Crippen LogP contribution is -2.28. The number of nitrogens with zero attached hydrogens (tertiary/aromatic N) is 2. The molecule has 0 saturated carbocycles. The molecule has 10 heteroatoms. The molecule has 0 aliphatic heterocycles. The minimum absolute atomic E-state index is 0.116. The fourth-order valence-corrected chi connectivity index (χ4v) is 3.07. The van der Waals surface area contributed by atoms with Gasteiger partial charge in [-0.2, -0.15) is 0 Å². The second kappa shape index (κ2) is 9.16. The number of anilines is 2. The van der Waals surface area contributed by atoms with Crippen LogP contribution in [-0.2, 0) is 6.54 Å². The summed E-state index contributed by atoms with van der Waals surface area (Å²) in [4.78, 5) is 24.3. The number of rotatable bonds is 6. The highest BCUT2D eigenvalue weighted by Crippen LogP contribution is 2.27. The first kappa shape index (κ1) is 19.6. The van der Waals surface area contributed by atoms with Gasteiger partial charge in [-0.3, -0.25) is 4.79 Å². The highest BCUT2D eigenvalue weighted by Gasteiger charge is 2.14. The summed E-state index contributed by atoms with van der Waals surface area (Å²) in [7, 11) is 1.50. The van der Waals surface area contributed by atoms with E-state index in [0.717, 1.165) is 11.3 Å². The number of methoxy groups -OCH3 is 1. The van der Waals surface area contributed by atoms with Crippen molar-refractivity contribution >= 4 is 46.3 Å². The second-order valence-corrected chi connectivity index (χ2v) is 6.97. The van der Waals surface area contributed by atoms with Crippen molar-refractivity contribution in [2.45, 2.75) is 6.54 Å². The van der Waals surface area contributed by atoms with Crippen LogP contribution in [0, 0.1) is 0 Å². The van der Waals surface area contributed by atoms with Crippen molar-refractivity contribution in [2.24, 2.45) is 0 Å². The maximum absolute atomic E-state index is 12.2. The molecule has 8 nitrogen and oxygen atoms in total. The molecule has 0 bridgehead atoms. The first-order chi connectivity index (χ1) is 13.5. The third-order valence-corrected chi connectivity index (χ3v) is 4.66. The van der Waals surface area contributed by atoms with Gasteiger partial charge in [0.15, 0.2) is 0 Å². The van der Waals surface area contributed by atoms with E-state index in [4.69, 9.17) is 16.3 Å². The number of urea groups is 1. The van der Waals surface area contributed by atoms with Gasteiger partial charge < -0.3 is 20.7 Å². The second-order valence-electron chi connectivity index (χ2n) is 5.47. The molecule has 0 unspecified atom stereocenters. The van der Waals surface area contributed by atoms with Crippen LogP contribution in [0.1, 0.15) is 14.8 Å². The number of carbonyl (C=O) groups excluding carboxylic acids is 2. The molecule has 3 N–H and O–H groups in total. The molecular formula is C18H16ClN5O3S. The molecular weight excluding hydrogens is 402 g/mol. The predicted molar refractivity (Wildman–Crippen MR) is 108 cm³/mol. The van der Waals surface area contributed by atoms with Crippen LogP contribution in [0.15, 0.2) is 48.5 Å². The zero-order valence-corrected chi connectivity index (χ0v) is 16.3. The number of hydrogen-bond donors (Lipinski definition) is 3. The number of aromatic nitrogens is 2. The minimum atomic E-state index is -0.467. The Bertz CT molecular complexity index is 980. The van der Waals surface area contributed by atoms with Crippen LogP contribution in [0.3, 0.4) is 0 Å². The van der Waals surface area contributed by atoms with Gasteiger partial charge >= 0.3 is 6.03 Å². The van der Waals surface area contributed by atoms with Gasteiger partial charge in [0.1, 0.15) is 10.8 Å². The normalized spacial score (nSPS) is 10.2. The summed E-state index contributed by atoms with van der Waals surface area (Å²) in [6.07, 6.45) is 0. The lowest BCUT2D eigenvalue weighted by Gasteiger charge is -2.10. The van der Waals surface area contributed by atoms with Gasteiger partial charge in [0, 0.05) is 10.7 Å². The summed E-state index contributed by atoms with van der Waals surface area (Å²) in [6.45, 7) is 0.116. The van der Waals surface area contributed by atoms with E-state index in [1.807, 2.05) is 18.2 Å². The third-order valence-electron chi connectivity index (χ3n) is 3.50. The van der Waals surface area contributed by atoms with E-state index in [0.29, 0.717) is 27.2 Å². The van der Waals surface area contributed by atoms with E-state index >= 15 is 0 Å². The molecule has 28 heavy (non-hydrogen) atoms. The Balaban J connectivity index is 1.55. The number of carbonyl (C=O) groups is 2. The van der Waals surface area contributed by atoms with Crippen molar-refractivity contribution < 1.29 is 14.3 Å². The number of halogens is 1. The van der Waals surface area contributed by atoms with Crippen LogP contribution in [0.4, 0.5) is 16.2 Å².